The number of carbonyl (C=O) groups excluding carboxylic acids is 1. The molecule has 9 heteroatoms. The highest BCUT2D eigenvalue weighted by Gasteiger charge is 2.26. The van der Waals surface area contributed by atoms with Gasteiger partial charge < -0.3 is 14.8 Å². The van der Waals surface area contributed by atoms with E-state index in [4.69, 9.17) is 21.1 Å². The molecule has 31 heavy (non-hydrogen) atoms. The number of fused-ring (bicyclic) bond motifs is 1. The number of nitrogens with zero attached hydrogens (tertiary/aromatic N) is 1. The van der Waals surface area contributed by atoms with E-state index in [2.05, 4.69) is 17.4 Å². The first kappa shape index (κ1) is 23.2. The normalized spacial score (nSPS) is 14.0. The Kier molecular flexibility index (Phi) is 7.01. The monoisotopic (exact) mass is 466 g/mol. The predicted octanol–water partition coefficient (Wildman–Crippen LogP) is 3.49. The summed E-state index contributed by atoms with van der Waals surface area (Å²) in [6, 6.07) is 8.87. The fourth-order valence-corrected chi connectivity index (χ4v) is 4.86. The van der Waals surface area contributed by atoms with E-state index in [0.717, 1.165) is 35.4 Å². The Bertz CT molecular complexity index is 1090. The molecule has 1 atom stereocenters. The second-order valence-corrected chi connectivity index (χ2v) is 9.91. The minimum atomic E-state index is -3.80. The number of amides is 1. The van der Waals surface area contributed by atoms with Gasteiger partial charge in [-0.3, -0.25) is 9.10 Å². The molecule has 0 saturated carbocycles. The number of halogens is 1. The standard InChI is InChI=1S/C22H27ClN2O5S/c1-14(16-9-8-15-6-5-7-17(15)10-16)24-22(26)13-25(31(4,27)28)19-12-20(29-2)18(23)11-21(19)30-3/h8-12,14H,5-7,13H2,1-4H3,(H,24,26)/t14-/m0/s1. The molecule has 3 rings (SSSR count). The molecule has 0 unspecified atom stereocenters. The van der Waals surface area contributed by atoms with Crippen molar-refractivity contribution in [3.63, 3.8) is 0 Å². The van der Waals surface area contributed by atoms with Gasteiger partial charge in [0.1, 0.15) is 18.0 Å². The number of sulfonamides is 1. The summed E-state index contributed by atoms with van der Waals surface area (Å²) < 4.78 is 36.5. The zero-order valence-corrected chi connectivity index (χ0v) is 19.6. The van der Waals surface area contributed by atoms with E-state index in [1.807, 2.05) is 13.0 Å². The van der Waals surface area contributed by atoms with Gasteiger partial charge in [-0.25, -0.2) is 8.42 Å². The van der Waals surface area contributed by atoms with E-state index in [1.165, 1.54) is 37.5 Å². The number of carbonyl (C=O) groups is 1. The maximum atomic E-state index is 12.8. The van der Waals surface area contributed by atoms with Crippen LogP contribution in [0.5, 0.6) is 11.5 Å². The number of rotatable bonds is 8. The summed E-state index contributed by atoms with van der Waals surface area (Å²) in [5, 5.41) is 3.16. The third-order valence-corrected chi connectivity index (χ3v) is 6.83. The second kappa shape index (κ2) is 9.36. The molecule has 1 amide bonds. The van der Waals surface area contributed by atoms with Gasteiger partial charge in [0.25, 0.3) is 0 Å². The Hall–Kier alpha value is -2.45. The number of anilines is 1. The third-order valence-electron chi connectivity index (χ3n) is 5.41. The fraction of sp³-hybridized carbons (Fsp3) is 0.409. The van der Waals surface area contributed by atoms with E-state index in [9.17, 15) is 13.2 Å². The molecule has 0 aliphatic heterocycles. The first-order valence-electron chi connectivity index (χ1n) is 9.94. The van der Waals surface area contributed by atoms with Gasteiger partial charge in [-0.2, -0.15) is 0 Å². The van der Waals surface area contributed by atoms with Crippen molar-refractivity contribution in [2.45, 2.75) is 32.2 Å². The Morgan fingerprint density at radius 2 is 1.81 bits per heavy atom. The molecule has 1 aliphatic carbocycles. The maximum absolute atomic E-state index is 12.8. The van der Waals surface area contributed by atoms with Crippen LogP contribution < -0.4 is 19.1 Å². The molecule has 2 aromatic rings. The molecule has 0 radical (unpaired) electrons. The minimum absolute atomic E-state index is 0.173. The summed E-state index contributed by atoms with van der Waals surface area (Å²) in [4.78, 5) is 12.8. The number of methoxy groups -OCH3 is 2. The number of aryl methyl sites for hydroxylation is 2. The number of hydrogen-bond acceptors (Lipinski definition) is 5. The molecule has 1 N–H and O–H groups in total. The first-order valence-corrected chi connectivity index (χ1v) is 12.2. The van der Waals surface area contributed by atoms with Crippen molar-refractivity contribution in [3.8, 4) is 11.5 Å². The Morgan fingerprint density at radius 3 is 2.45 bits per heavy atom. The summed E-state index contributed by atoms with van der Waals surface area (Å²) >= 11 is 6.13. The molecule has 168 valence electrons. The van der Waals surface area contributed by atoms with Gasteiger partial charge in [-0.05, 0) is 42.9 Å². The van der Waals surface area contributed by atoms with Crippen molar-refractivity contribution in [1.82, 2.24) is 5.32 Å². The van der Waals surface area contributed by atoms with E-state index >= 15 is 0 Å². The smallest absolute Gasteiger partial charge is 0.241 e. The highest BCUT2D eigenvalue weighted by Crippen LogP contribution is 2.39. The van der Waals surface area contributed by atoms with Crippen LogP contribution in [0.1, 0.15) is 36.1 Å². The van der Waals surface area contributed by atoms with Crippen LogP contribution >= 0.6 is 11.6 Å². The van der Waals surface area contributed by atoms with Crippen molar-refractivity contribution < 1.29 is 22.7 Å². The van der Waals surface area contributed by atoms with Crippen LogP contribution in [0.3, 0.4) is 0 Å². The zero-order chi connectivity index (χ0) is 22.8. The zero-order valence-electron chi connectivity index (χ0n) is 18.1. The fourth-order valence-electron chi connectivity index (χ4n) is 3.78. The summed E-state index contributed by atoms with van der Waals surface area (Å²) in [6.45, 7) is 1.47. The van der Waals surface area contributed by atoms with Gasteiger partial charge in [-0.15, -0.1) is 0 Å². The molecular formula is C22H27ClN2O5S. The summed E-state index contributed by atoms with van der Waals surface area (Å²) in [6.07, 6.45) is 4.32. The van der Waals surface area contributed by atoms with E-state index < -0.39 is 22.5 Å². The molecule has 1 aliphatic rings. The molecule has 0 fully saturated rings. The Labute approximate surface area is 188 Å². The Morgan fingerprint density at radius 1 is 1.13 bits per heavy atom. The number of ether oxygens (including phenoxy) is 2. The quantitative estimate of drug-likeness (QED) is 0.643. The van der Waals surface area contributed by atoms with Crippen LogP contribution in [-0.2, 0) is 27.7 Å². The molecule has 0 heterocycles. The van der Waals surface area contributed by atoms with E-state index in [1.54, 1.807) is 0 Å². The van der Waals surface area contributed by atoms with Crippen molar-refractivity contribution in [2.75, 3.05) is 31.3 Å². The van der Waals surface area contributed by atoms with Gasteiger partial charge in [0.05, 0.1) is 37.2 Å². The van der Waals surface area contributed by atoms with Crippen molar-refractivity contribution in [3.05, 3.63) is 52.0 Å². The molecule has 0 saturated heterocycles. The maximum Gasteiger partial charge on any atom is 0.241 e. The van der Waals surface area contributed by atoms with Crippen LogP contribution in [0.2, 0.25) is 5.02 Å². The lowest BCUT2D eigenvalue weighted by atomic mass is 10.0. The SMILES string of the molecule is COc1cc(N(CC(=O)N[C@@H](C)c2ccc3c(c2)CCC3)S(C)(=O)=O)c(OC)cc1Cl. The van der Waals surface area contributed by atoms with Crippen LogP contribution in [0.25, 0.3) is 0 Å². The molecule has 0 aromatic heterocycles. The summed E-state index contributed by atoms with van der Waals surface area (Å²) in [7, 11) is -0.973. The first-order chi connectivity index (χ1) is 14.6. The lowest BCUT2D eigenvalue weighted by Gasteiger charge is -2.25. The highest BCUT2D eigenvalue weighted by molar-refractivity contribution is 7.92. The van der Waals surface area contributed by atoms with Crippen molar-refractivity contribution in [2.24, 2.45) is 0 Å². The Balaban J connectivity index is 1.83. The third kappa shape index (κ3) is 5.25. The summed E-state index contributed by atoms with van der Waals surface area (Å²) in [5.74, 6) is 0.0584. The average Bonchev–Trinajstić information content (AvgIpc) is 3.19. The number of hydrogen-bond donors (Lipinski definition) is 1. The largest absolute Gasteiger partial charge is 0.495 e. The molecule has 0 bridgehead atoms. The molecule has 0 spiro atoms. The van der Waals surface area contributed by atoms with Crippen LogP contribution in [0, 0.1) is 0 Å². The van der Waals surface area contributed by atoms with Crippen LogP contribution in [0.15, 0.2) is 30.3 Å². The van der Waals surface area contributed by atoms with Gasteiger partial charge >= 0.3 is 0 Å². The lowest BCUT2D eigenvalue weighted by Crippen LogP contribution is -2.41. The average molecular weight is 467 g/mol. The molecular weight excluding hydrogens is 440 g/mol. The predicted molar refractivity (Wildman–Crippen MR) is 122 cm³/mol. The number of benzene rings is 2. The second-order valence-electron chi connectivity index (χ2n) is 7.60. The van der Waals surface area contributed by atoms with Gasteiger partial charge in [-0.1, -0.05) is 29.8 Å². The lowest BCUT2D eigenvalue weighted by molar-refractivity contribution is -0.120. The van der Waals surface area contributed by atoms with Gasteiger partial charge in [0, 0.05) is 12.1 Å². The molecule has 2 aromatic carbocycles. The minimum Gasteiger partial charge on any atom is -0.495 e. The van der Waals surface area contributed by atoms with E-state index in [0.29, 0.717) is 0 Å². The number of nitrogens with one attached hydrogen (secondary N) is 1. The van der Waals surface area contributed by atoms with Crippen LogP contribution in [-0.4, -0.2) is 41.3 Å². The molecule has 7 nitrogen and oxygen atoms in total. The highest BCUT2D eigenvalue weighted by atomic mass is 35.5. The van der Waals surface area contributed by atoms with E-state index in [-0.39, 0.29) is 28.3 Å². The van der Waals surface area contributed by atoms with Crippen molar-refractivity contribution >= 4 is 33.2 Å². The van der Waals surface area contributed by atoms with Crippen molar-refractivity contribution in [1.29, 1.82) is 0 Å². The van der Waals surface area contributed by atoms with Crippen LogP contribution in [0.4, 0.5) is 5.69 Å². The van der Waals surface area contributed by atoms with Gasteiger partial charge in [0.15, 0.2) is 0 Å². The van der Waals surface area contributed by atoms with Gasteiger partial charge in [0.2, 0.25) is 15.9 Å². The summed E-state index contributed by atoms with van der Waals surface area (Å²) in [5.41, 5.74) is 3.83. The topological polar surface area (TPSA) is 84.9 Å².